The molecule has 3 rings (SSSR count). The Morgan fingerprint density at radius 1 is 1.17 bits per heavy atom. The van der Waals surface area contributed by atoms with E-state index in [4.69, 9.17) is 11.6 Å². The molecule has 1 aromatic heterocycles. The molecule has 1 N–H and O–H groups in total. The molecular formula is C16H14ClN5O2. The number of hydrogen-bond acceptors (Lipinski definition) is 5. The summed E-state index contributed by atoms with van der Waals surface area (Å²) >= 11 is 5.81. The van der Waals surface area contributed by atoms with Crippen LogP contribution in [-0.2, 0) is 13.1 Å². The minimum atomic E-state index is -0.449. The zero-order valence-corrected chi connectivity index (χ0v) is 13.3. The molecule has 24 heavy (non-hydrogen) atoms. The molecule has 0 aliphatic heterocycles. The summed E-state index contributed by atoms with van der Waals surface area (Å²) in [6.07, 6.45) is 3.16. The van der Waals surface area contributed by atoms with Crippen LogP contribution >= 0.6 is 11.6 Å². The summed E-state index contributed by atoms with van der Waals surface area (Å²) in [5, 5.41) is 18.5. The van der Waals surface area contributed by atoms with Crippen molar-refractivity contribution in [1.82, 2.24) is 14.8 Å². The van der Waals surface area contributed by atoms with Crippen molar-refractivity contribution in [3.05, 3.63) is 81.4 Å². The molecular weight excluding hydrogens is 330 g/mol. The van der Waals surface area contributed by atoms with E-state index in [9.17, 15) is 10.1 Å². The second-order valence-electron chi connectivity index (χ2n) is 5.18. The van der Waals surface area contributed by atoms with Gasteiger partial charge in [-0.25, -0.2) is 9.67 Å². The third-order valence-electron chi connectivity index (χ3n) is 3.47. The fourth-order valence-corrected chi connectivity index (χ4v) is 2.43. The molecule has 0 aliphatic rings. The summed E-state index contributed by atoms with van der Waals surface area (Å²) in [7, 11) is 0. The quantitative estimate of drug-likeness (QED) is 0.547. The third kappa shape index (κ3) is 3.88. The van der Waals surface area contributed by atoms with E-state index < -0.39 is 4.92 Å². The third-order valence-corrected chi connectivity index (χ3v) is 3.71. The van der Waals surface area contributed by atoms with Gasteiger partial charge in [0.2, 0.25) is 0 Å². The van der Waals surface area contributed by atoms with Crippen LogP contribution in [0.25, 0.3) is 0 Å². The number of nitro groups is 1. The number of aromatic nitrogens is 3. The van der Waals surface area contributed by atoms with Crippen molar-refractivity contribution >= 4 is 23.0 Å². The molecule has 0 unspecified atom stereocenters. The van der Waals surface area contributed by atoms with Crippen LogP contribution in [0.5, 0.6) is 0 Å². The molecule has 0 fully saturated rings. The van der Waals surface area contributed by atoms with Crippen LogP contribution in [0, 0.1) is 10.1 Å². The summed E-state index contributed by atoms with van der Waals surface area (Å²) < 4.78 is 1.74. The highest BCUT2D eigenvalue weighted by molar-refractivity contribution is 6.30. The second kappa shape index (κ2) is 7.10. The molecule has 7 nitrogen and oxygen atoms in total. The Balaban J connectivity index is 1.66. The fraction of sp³-hybridized carbons (Fsp3) is 0.125. The molecule has 0 bridgehead atoms. The minimum Gasteiger partial charge on any atom is -0.375 e. The van der Waals surface area contributed by atoms with E-state index in [1.54, 1.807) is 23.1 Å². The smallest absolute Gasteiger partial charge is 0.293 e. The minimum absolute atomic E-state index is 0.0368. The number of nitrogens with one attached hydrogen (secondary N) is 1. The van der Waals surface area contributed by atoms with Crippen molar-refractivity contribution in [2.75, 3.05) is 5.32 Å². The number of benzene rings is 2. The first kappa shape index (κ1) is 15.9. The Bertz CT molecular complexity index is 834. The molecule has 122 valence electrons. The first-order valence-electron chi connectivity index (χ1n) is 7.20. The Morgan fingerprint density at radius 2 is 1.92 bits per heavy atom. The monoisotopic (exact) mass is 343 g/mol. The SMILES string of the molecule is O=[N+]([O-])c1cc(Cl)ccc1NCc1ccc(Cn2cncn2)cc1. The lowest BCUT2D eigenvalue weighted by Gasteiger charge is -2.08. The molecule has 0 saturated carbocycles. The Morgan fingerprint density at radius 3 is 2.58 bits per heavy atom. The molecule has 2 aromatic carbocycles. The summed E-state index contributed by atoms with van der Waals surface area (Å²) in [6.45, 7) is 1.13. The van der Waals surface area contributed by atoms with Crippen LogP contribution in [-0.4, -0.2) is 19.7 Å². The number of nitro benzene ring substituents is 1. The molecule has 0 amide bonds. The topological polar surface area (TPSA) is 85.9 Å². The number of anilines is 1. The van der Waals surface area contributed by atoms with Crippen molar-refractivity contribution < 1.29 is 4.92 Å². The highest BCUT2D eigenvalue weighted by atomic mass is 35.5. The van der Waals surface area contributed by atoms with Crippen LogP contribution in [0.2, 0.25) is 5.02 Å². The van der Waals surface area contributed by atoms with Gasteiger partial charge in [0.25, 0.3) is 5.69 Å². The zero-order valence-electron chi connectivity index (χ0n) is 12.6. The van der Waals surface area contributed by atoms with Crippen molar-refractivity contribution in [3.63, 3.8) is 0 Å². The normalized spacial score (nSPS) is 10.5. The predicted octanol–water partition coefficient (Wildman–Crippen LogP) is 3.50. The largest absolute Gasteiger partial charge is 0.375 e. The van der Waals surface area contributed by atoms with Crippen LogP contribution < -0.4 is 5.32 Å². The lowest BCUT2D eigenvalue weighted by molar-refractivity contribution is -0.383. The molecule has 1 heterocycles. The van der Waals surface area contributed by atoms with E-state index in [1.807, 2.05) is 24.3 Å². The zero-order chi connectivity index (χ0) is 16.9. The highest BCUT2D eigenvalue weighted by Gasteiger charge is 2.13. The predicted molar refractivity (Wildman–Crippen MR) is 91.0 cm³/mol. The van der Waals surface area contributed by atoms with Gasteiger partial charge in [-0.15, -0.1) is 0 Å². The van der Waals surface area contributed by atoms with Gasteiger partial charge in [-0.2, -0.15) is 5.10 Å². The maximum atomic E-state index is 11.1. The maximum Gasteiger partial charge on any atom is 0.293 e. The molecule has 0 saturated heterocycles. The van der Waals surface area contributed by atoms with Gasteiger partial charge in [0.1, 0.15) is 18.3 Å². The molecule has 0 atom stereocenters. The molecule has 0 radical (unpaired) electrons. The van der Waals surface area contributed by atoms with Gasteiger partial charge in [0, 0.05) is 17.6 Å². The number of rotatable bonds is 6. The number of nitrogens with zero attached hydrogens (tertiary/aromatic N) is 4. The molecule has 3 aromatic rings. The summed E-state index contributed by atoms with van der Waals surface area (Å²) in [6, 6.07) is 12.5. The van der Waals surface area contributed by atoms with E-state index in [-0.39, 0.29) is 5.69 Å². The van der Waals surface area contributed by atoms with E-state index in [0.29, 0.717) is 23.8 Å². The van der Waals surface area contributed by atoms with Gasteiger partial charge in [0.05, 0.1) is 11.5 Å². The summed E-state index contributed by atoms with van der Waals surface area (Å²) in [4.78, 5) is 14.5. The van der Waals surface area contributed by atoms with Crippen molar-refractivity contribution in [1.29, 1.82) is 0 Å². The van der Waals surface area contributed by atoms with Gasteiger partial charge in [0.15, 0.2) is 0 Å². The van der Waals surface area contributed by atoms with Crippen molar-refractivity contribution in [2.45, 2.75) is 13.1 Å². The second-order valence-corrected chi connectivity index (χ2v) is 5.62. The average Bonchev–Trinajstić information content (AvgIpc) is 3.08. The molecule has 8 heteroatoms. The van der Waals surface area contributed by atoms with Crippen molar-refractivity contribution in [3.8, 4) is 0 Å². The van der Waals surface area contributed by atoms with Gasteiger partial charge in [-0.1, -0.05) is 35.9 Å². The van der Waals surface area contributed by atoms with Crippen LogP contribution in [0.1, 0.15) is 11.1 Å². The lowest BCUT2D eigenvalue weighted by atomic mass is 10.1. The molecule has 0 aliphatic carbocycles. The maximum absolute atomic E-state index is 11.1. The van der Waals surface area contributed by atoms with Gasteiger partial charge in [-0.05, 0) is 23.3 Å². The van der Waals surface area contributed by atoms with Crippen LogP contribution in [0.4, 0.5) is 11.4 Å². The Labute approximate surface area is 143 Å². The summed E-state index contributed by atoms with van der Waals surface area (Å²) in [5.74, 6) is 0. The fourth-order valence-electron chi connectivity index (χ4n) is 2.27. The Kier molecular flexibility index (Phi) is 4.72. The van der Waals surface area contributed by atoms with E-state index in [2.05, 4.69) is 15.4 Å². The van der Waals surface area contributed by atoms with Gasteiger partial charge >= 0.3 is 0 Å². The standard InChI is InChI=1S/C16H14ClN5O2/c17-14-5-6-15(16(7-14)22(23)24)19-8-12-1-3-13(4-2-12)9-21-11-18-10-20-21/h1-7,10-11,19H,8-9H2. The number of hydrogen-bond donors (Lipinski definition) is 1. The molecule has 0 spiro atoms. The van der Waals surface area contributed by atoms with Crippen LogP contribution in [0.3, 0.4) is 0 Å². The van der Waals surface area contributed by atoms with E-state index in [0.717, 1.165) is 11.1 Å². The first-order valence-corrected chi connectivity index (χ1v) is 7.57. The van der Waals surface area contributed by atoms with Gasteiger partial charge in [-0.3, -0.25) is 10.1 Å². The highest BCUT2D eigenvalue weighted by Crippen LogP contribution is 2.28. The Hall–Kier alpha value is -2.93. The van der Waals surface area contributed by atoms with Crippen molar-refractivity contribution in [2.24, 2.45) is 0 Å². The van der Waals surface area contributed by atoms with E-state index in [1.165, 1.54) is 12.4 Å². The van der Waals surface area contributed by atoms with Crippen LogP contribution in [0.15, 0.2) is 55.1 Å². The lowest BCUT2D eigenvalue weighted by Crippen LogP contribution is -2.03. The summed E-state index contributed by atoms with van der Waals surface area (Å²) in [5.41, 5.74) is 2.52. The van der Waals surface area contributed by atoms with Gasteiger partial charge < -0.3 is 5.32 Å². The van der Waals surface area contributed by atoms with E-state index >= 15 is 0 Å². The average molecular weight is 344 g/mol. The number of halogens is 1. The first-order chi connectivity index (χ1) is 11.6.